The highest BCUT2D eigenvalue weighted by atomic mass is 16.4. The Labute approximate surface area is 122 Å². The molecule has 0 atom stereocenters. The van der Waals surface area contributed by atoms with Gasteiger partial charge in [-0.3, -0.25) is 0 Å². The molecule has 110 valence electrons. The molecule has 21 heavy (non-hydrogen) atoms. The predicted molar refractivity (Wildman–Crippen MR) is 80.7 cm³/mol. The number of nitrogens with zero attached hydrogens (tertiary/aromatic N) is 3. The van der Waals surface area contributed by atoms with E-state index in [9.17, 15) is 4.79 Å². The Hall–Kier alpha value is -2.21. The Balaban J connectivity index is 1.73. The summed E-state index contributed by atoms with van der Waals surface area (Å²) >= 11 is 0. The summed E-state index contributed by atoms with van der Waals surface area (Å²) in [5.74, 6) is -0.185. The summed E-state index contributed by atoms with van der Waals surface area (Å²) in [6.45, 7) is 4.17. The minimum atomic E-state index is -0.945. The van der Waals surface area contributed by atoms with Crippen molar-refractivity contribution in [3.63, 3.8) is 0 Å². The van der Waals surface area contributed by atoms with Crippen LogP contribution in [0.5, 0.6) is 0 Å². The van der Waals surface area contributed by atoms with E-state index in [1.54, 1.807) is 18.2 Å². The molecule has 1 saturated heterocycles. The summed E-state index contributed by atoms with van der Waals surface area (Å²) in [4.78, 5) is 21.8. The Morgan fingerprint density at radius 2 is 2.10 bits per heavy atom. The summed E-state index contributed by atoms with van der Waals surface area (Å²) in [6, 6.07) is 4.92. The molecule has 0 bridgehead atoms. The molecule has 0 aliphatic carbocycles. The number of anilines is 1. The number of nitrogens with one attached hydrogen (secondary N) is 1. The third-order valence-electron chi connectivity index (χ3n) is 3.80. The van der Waals surface area contributed by atoms with E-state index in [0.717, 1.165) is 24.3 Å². The molecule has 0 unspecified atom stereocenters. The maximum atomic E-state index is 11.0. The Morgan fingerprint density at radius 1 is 1.29 bits per heavy atom. The van der Waals surface area contributed by atoms with Gasteiger partial charge in [0.25, 0.3) is 0 Å². The van der Waals surface area contributed by atoms with Crippen molar-refractivity contribution in [2.45, 2.75) is 12.8 Å². The summed E-state index contributed by atoms with van der Waals surface area (Å²) in [7, 11) is 0. The van der Waals surface area contributed by atoms with Gasteiger partial charge in [-0.25, -0.2) is 14.8 Å². The highest BCUT2D eigenvalue weighted by Crippen LogP contribution is 2.20. The Morgan fingerprint density at radius 3 is 2.86 bits per heavy atom. The SMILES string of the molecule is O=C(O)c1ccc2c(NCCN3CCCC3)ncnc2c1. The van der Waals surface area contributed by atoms with Crippen LogP contribution in [0.15, 0.2) is 24.5 Å². The first-order chi connectivity index (χ1) is 10.2. The lowest BCUT2D eigenvalue weighted by Gasteiger charge is -2.15. The number of carboxylic acids is 1. The molecule has 2 aromatic rings. The summed E-state index contributed by atoms with van der Waals surface area (Å²) in [6.07, 6.45) is 4.04. The highest BCUT2D eigenvalue weighted by molar-refractivity contribution is 5.96. The van der Waals surface area contributed by atoms with Gasteiger partial charge in [-0.2, -0.15) is 0 Å². The second kappa shape index (κ2) is 6.05. The zero-order valence-corrected chi connectivity index (χ0v) is 11.7. The van der Waals surface area contributed by atoms with Crippen molar-refractivity contribution in [1.29, 1.82) is 0 Å². The second-order valence-electron chi connectivity index (χ2n) is 5.23. The van der Waals surface area contributed by atoms with Crippen molar-refractivity contribution >= 4 is 22.7 Å². The van der Waals surface area contributed by atoms with Crippen LogP contribution in [0.1, 0.15) is 23.2 Å². The molecule has 3 rings (SSSR count). The van der Waals surface area contributed by atoms with E-state index < -0.39 is 5.97 Å². The van der Waals surface area contributed by atoms with Crippen molar-refractivity contribution in [2.75, 3.05) is 31.5 Å². The lowest BCUT2D eigenvalue weighted by atomic mass is 10.1. The van der Waals surface area contributed by atoms with Crippen LogP contribution in [0.3, 0.4) is 0 Å². The number of fused-ring (bicyclic) bond motifs is 1. The fourth-order valence-electron chi connectivity index (χ4n) is 2.67. The van der Waals surface area contributed by atoms with Crippen molar-refractivity contribution in [1.82, 2.24) is 14.9 Å². The first-order valence-electron chi connectivity index (χ1n) is 7.18. The Kier molecular flexibility index (Phi) is 3.96. The van der Waals surface area contributed by atoms with Gasteiger partial charge in [0.15, 0.2) is 0 Å². The molecule has 2 N–H and O–H groups in total. The van der Waals surface area contributed by atoms with Gasteiger partial charge in [-0.15, -0.1) is 0 Å². The van der Waals surface area contributed by atoms with E-state index in [-0.39, 0.29) is 5.56 Å². The monoisotopic (exact) mass is 286 g/mol. The maximum absolute atomic E-state index is 11.0. The number of aromatic carboxylic acids is 1. The van der Waals surface area contributed by atoms with E-state index in [1.807, 2.05) is 0 Å². The number of likely N-dealkylation sites (tertiary alicyclic amines) is 1. The average molecular weight is 286 g/mol. The molecule has 1 aromatic heterocycles. The zero-order chi connectivity index (χ0) is 14.7. The minimum absolute atomic E-state index is 0.240. The van der Waals surface area contributed by atoms with E-state index in [0.29, 0.717) is 5.52 Å². The molecule has 1 fully saturated rings. The van der Waals surface area contributed by atoms with Crippen LogP contribution in [-0.4, -0.2) is 52.1 Å². The Bertz CT molecular complexity index is 653. The van der Waals surface area contributed by atoms with Gasteiger partial charge >= 0.3 is 5.97 Å². The third kappa shape index (κ3) is 3.11. The fourth-order valence-corrected chi connectivity index (χ4v) is 2.67. The summed E-state index contributed by atoms with van der Waals surface area (Å²) in [5, 5.41) is 13.2. The first kappa shape index (κ1) is 13.8. The van der Waals surface area contributed by atoms with Gasteiger partial charge in [0.1, 0.15) is 12.1 Å². The number of carbonyl (C=O) groups is 1. The molecular weight excluding hydrogens is 268 g/mol. The number of hydrogen-bond acceptors (Lipinski definition) is 5. The second-order valence-corrected chi connectivity index (χ2v) is 5.23. The van der Waals surface area contributed by atoms with Crippen LogP contribution >= 0.6 is 0 Å². The van der Waals surface area contributed by atoms with E-state index in [4.69, 9.17) is 5.11 Å². The van der Waals surface area contributed by atoms with Gasteiger partial charge in [0, 0.05) is 18.5 Å². The molecule has 0 saturated carbocycles. The van der Waals surface area contributed by atoms with Crippen LogP contribution < -0.4 is 5.32 Å². The van der Waals surface area contributed by atoms with Crippen LogP contribution in [0.4, 0.5) is 5.82 Å². The normalized spacial score (nSPS) is 15.4. The average Bonchev–Trinajstić information content (AvgIpc) is 3.00. The number of hydrogen-bond donors (Lipinski definition) is 2. The summed E-state index contributed by atoms with van der Waals surface area (Å²) < 4.78 is 0. The summed E-state index contributed by atoms with van der Waals surface area (Å²) in [5.41, 5.74) is 0.887. The van der Waals surface area contributed by atoms with Crippen LogP contribution in [0.2, 0.25) is 0 Å². The van der Waals surface area contributed by atoms with Crippen molar-refractivity contribution in [3.05, 3.63) is 30.1 Å². The molecule has 0 spiro atoms. The zero-order valence-electron chi connectivity index (χ0n) is 11.7. The molecule has 6 nitrogen and oxygen atoms in total. The van der Waals surface area contributed by atoms with Gasteiger partial charge in [0.2, 0.25) is 0 Å². The lowest BCUT2D eigenvalue weighted by molar-refractivity contribution is 0.0697. The van der Waals surface area contributed by atoms with Crippen molar-refractivity contribution in [2.24, 2.45) is 0 Å². The van der Waals surface area contributed by atoms with E-state index in [1.165, 1.54) is 32.3 Å². The van der Waals surface area contributed by atoms with Crippen molar-refractivity contribution in [3.8, 4) is 0 Å². The predicted octanol–water partition coefficient (Wildman–Crippen LogP) is 1.84. The molecule has 6 heteroatoms. The van der Waals surface area contributed by atoms with Crippen LogP contribution in [0, 0.1) is 0 Å². The molecular formula is C15H18N4O2. The molecule has 0 radical (unpaired) electrons. The standard InChI is InChI=1S/C15H18N4O2/c20-15(21)11-3-4-12-13(9-11)17-10-18-14(12)16-5-8-19-6-1-2-7-19/h3-4,9-10H,1-2,5-8H2,(H,20,21)(H,16,17,18). The topological polar surface area (TPSA) is 78.4 Å². The van der Waals surface area contributed by atoms with Crippen molar-refractivity contribution < 1.29 is 9.90 Å². The number of carboxylic acid groups (broad SMARTS) is 1. The molecule has 2 heterocycles. The van der Waals surface area contributed by atoms with Crippen LogP contribution in [-0.2, 0) is 0 Å². The lowest BCUT2D eigenvalue weighted by Crippen LogP contribution is -2.26. The van der Waals surface area contributed by atoms with Crippen LogP contribution in [0.25, 0.3) is 10.9 Å². The van der Waals surface area contributed by atoms with Gasteiger partial charge < -0.3 is 15.3 Å². The van der Waals surface area contributed by atoms with E-state index >= 15 is 0 Å². The molecule has 1 aromatic carbocycles. The molecule has 0 amide bonds. The van der Waals surface area contributed by atoms with Gasteiger partial charge in [0.05, 0.1) is 11.1 Å². The quantitative estimate of drug-likeness (QED) is 0.873. The number of benzene rings is 1. The molecule has 1 aliphatic heterocycles. The first-order valence-corrected chi connectivity index (χ1v) is 7.18. The smallest absolute Gasteiger partial charge is 0.335 e. The number of rotatable bonds is 5. The highest BCUT2D eigenvalue weighted by Gasteiger charge is 2.11. The van der Waals surface area contributed by atoms with Gasteiger partial charge in [-0.1, -0.05) is 0 Å². The fraction of sp³-hybridized carbons (Fsp3) is 0.400. The maximum Gasteiger partial charge on any atom is 0.335 e. The minimum Gasteiger partial charge on any atom is -0.478 e. The van der Waals surface area contributed by atoms with E-state index in [2.05, 4.69) is 20.2 Å². The number of aromatic nitrogens is 2. The third-order valence-corrected chi connectivity index (χ3v) is 3.80. The largest absolute Gasteiger partial charge is 0.478 e. The molecule has 1 aliphatic rings. The van der Waals surface area contributed by atoms with Gasteiger partial charge in [-0.05, 0) is 44.1 Å².